The second-order valence-corrected chi connectivity index (χ2v) is 6.29. The summed E-state index contributed by atoms with van der Waals surface area (Å²) in [5.74, 6) is 0.631. The maximum atomic E-state index is 12.8. The molecule has 0 aromatic heterocycles. The molecule has 0 saturated carbocycles. The number of rotatable bonds is 10. The number of anilines is 1. The number of non-ortho nitro benzene ring substituents is 1. The third-order valence-corrected chi connectivity index (χ3v) is 4.43. The standard InChI is InChI=1S/C20H25N3O6/c1-4-14(12-24)22-17-7-6-15(23(26)27)10-16(17)20(25)21-11-13-5-8-18(28-2)19(9-13)29-3/h5-10,14,22,24H,4,11-12H2,1-3H3,(H,21,25)/t14-/m0/s1. The van der Waals surface area contributed by atoms with Crippen LogP contribution in [0.3, 0.4) is 0 Å². The Morgan fingerprint density at radius 2 is 1.90 bits per heavy atom. The van der Waals surface area contributed by atoms with E-state index in [1.807, 2.05) is 6.92 Å². The van der Waals surface area contributed by atoms with Crippen LogP contribution in [0.2, 0.25) is 0 Å². The van der Waals surface area contributed by atoms with Gasteiger partial charge in [-0.1, -0.05) is 13.0 Å². The molecule has 2 aromatic rings. The van der Waals surface area contributed by atoms with Crippen molar-refractivity contribution in [2.75, 3.05) is 26.1 Å². The molecular formula is C20H25N3O6. The van der Waals surface area contributed by atoms with E-state index in [-0.39, 0.29) is 30.4 Å². The van der Waals surface area contributed by atoms with Crippen LogP contribution in [0.15, 0.2) is 36.4 Å². The second kappa shape index (κ2) is 10.3. The van der Waals surface area contributed by atoms with Crippen molar-refractivity contribution >= 4 is 17.3 Å². The quantitative estimate of drug-likeness (QED) is 0.412. The van der Waals surface area contributed by atoms with Crippen molar-refractivity contribution in [1.82, 2.24) is 5.32 Å². The summed E-state index contributed by atoms with van der Waals surface area (Å²) in [6, 6.07) is 9.00. The number of methoxy groups -OCH3 is 2. The van der Waals surface area contributed by atoms with Crippen molar-refractivity contribution in [2.45, 2.75) is 25.9 Å². The molecule has 1 amide bonds. The first-order chi connectivity index (χ1) is 13.9. The number of amides is 1. The van der Waals surface area contributed by atoms with E-state index in [0.29, 0.717) is 23.6 Å². The molecule has 0 fully saturated rings. The third kappa shape index (κ3) is 5.58. The molecule has 9 nitrogen and oxygen atoms in total. The fourth-order valence-corrected chi connectivity index (χ4v) is 2.72. The maximum absolute atomic E-state index is 12.8. The molecule has 0 aliphatic carbocycles. The first-order valence-electron chi connectivity index (χ1n) is 9.08. The molecule has 0 aliphatic heterocycles. The van der Waals surface area contributed by atoms with E-state index in [0.717, 1.165) is 5.56 Å². The Morgan fingerprint density at radius 1 is 1.17 bits per heavy atom. The smallest absolute Gasteiger partial charge is 0.270 e. The average Bonchev–Trinajstić information content (AvgIpc) is 2.75. The molecule has 0 saturated heterocycles. The predicted molar refractivity (Wildman–Crippen MR) is 109 cm³/mol. The van der Waals surface area contributed by atoms with E-state index in [4.69, 9.17) is 9.47 Å². The van der Waals surface area contributed by atoms with Gasteiger partial charge in [-0.15, -0.1) is 0 Å². The number of carbonyl (C=O) groups is 1. The van der Waals surface area contributed by atoms with E-state index >= 15 is 0 Å². The molecule has 3 N–H and O–H groups in total. The molecule has 9 heteroatoms. The fraction of sp³-hybridized carbons (Fsp3) is 0.350. The zero-order valence-corrected chi connectivity index (χ0v) is 16.6. The van der Waals surface area contributed by atoms with Crippen molar-refractivity contribution < 1.29 is 24.3 Å². The lowest BCUT2D eigenvalue weighted by Crippen LogP contribution is -2.27. The van der Waals surface area contributed by atoms with Gasteiger partial charge < -0.3 is 25.2 Å². The van der Waals surface area contributed by atoms with E-state index < -0.39 is 10.8 Å². The molecule has 0 spiro atoms. The lowest BCUT2D eigenvalue weighted by Gasteiger charge is -2.18. The van der Waals surface area contributed by atoms with E-state index in [1.165, 1.54) is 32.4 Å². The van der Waals surface area contributed by atoms with Gasteiger partial charge >= 0.3 is 0 Å². The Hall–Kier alpha value is -3.33. The highest BCUT2D eigenvalue weighted by molar-refractivity contribution is 6.00. The van der Waals surface area contributed by atoms with Crippen LogP contribution in [-0.2, 0) is 6.54 Å². The first kappa shape index (κ1) is 22.0. The zero-order valence-electron chi connectivity index (χ0n) is 16.6. The highest BCUT2D eigenvalue weighted by Crippen LogP contribution is 2.28. The summed E-state index contributed by atoms with van der Waals surface area (Å²) in [6.45, 7) is 1.95. The van der Waals surface area contributed by atoms with Crippen LogP contribution in [0.25, 0.3) is 0 Å². The van der Waals surface area contributed by atoms with Crippen LogP contribution in [0.5, 0.6) is 11.5 Å². The Balaban J connectivity index is 2.23. The van der Waals surface area contributed by atoms with Crippen molar-refractivity contribution in [3.8, 4) is 11.5 Å². The largest absolute Gasteiger partial charge is 0.493 e. The summed E-state index contributed by atoms with van der Waals surface area (Å²) < 4.78 is 10.4. The molecule has 2 rings (SSSR count). The van der Waals surface area contributed by atoms with Crippen molar-refractivity contribution in [1.29, 1.82) is 0 Å². The molecule has 0 unspecified atom stereocenters. The van der Waals surface area contributed by atoms with Gasteiger partial charge in [0.1, 0.15) is 0 Å². The molecule has 0 bridgehead atoms. The summed E-state index contributed by atoms with van der Waals surface area (Å²) in [5.41, 5.74) is 1.13. The molecule has 29 heavy (non-hydrogen) atoms. The minimum absolute atomic E-state index is 0.125. The Bertz CT molecular complexity index is 867. The Kier molecular flexibility index (Phi) is 7.79. The van der Waals surface area contributed by atoms with Gasteiger partial charge in [0.25, 0.3) is 11.6 Å². The maximum Gasteiger partial charge on any atom is 0.270 e. The van der Waals surface area contributed by atoms with E-state index in [9.17, 15) is 20.0 Å². The normalized spacial score (nSPS) is 11.4. The van der Waals surface area contributed by atoms with Gasteiger partial charge in [0.2, 0.25) is 0 Å². The van der Waals surface area contributed by atoms with Crippen LogP contribution in [0.4, 0.5) is 11.4 Å². The van der Waals surface area contributed by atoms with Gasteiger partial charge in [0, 0.05) is 30.4 Å². The Labute approximate surface area is 168 Å². The van der Waals surface area contributed by atoms with Gasteiger partial charge in [0.15, 0.2) is 11.5 Å². The van der Waals surface area contributed by atoms with Gasteiger partial charge in [0.05, 0.1) is 31.3 Å². The number of hydrogen-bond acceptors (Lipinski definition) is 7. The number of nitro groups is 1. The van der Waals surface area contributed by atoms with Crippen molar-refractivity contribution in [3.05, 3.63) is 57.6 Å². The number of nitrogens with zero attached hydrogens (tertiary/aromatic N) is 1. The molecule has 0 radical (unpaired) electrons. The fourth-order valence-electron chi connectivity index (χ4n) is 2.72. The number of nitrogens with one attached hydrogen (secondary N) is 2. The molecular weight excluding hydrogens is 378 g/mol. The minimum Gasteiger partial charge on any atom is -0.493 e. The van der Waals surface area contributed by atoms with E-state index in [2.05, 4.69) is 10.6 Å². The number of carbonyl (C=O) groups excluding carboxylic acids is 1. The molecule has 156 valence electrons. The monoisotopic (exact) mass is 403 g/mol. The zero-order chi connectivity index (χ0) is 21.4. The average molecular weight is 403 g/mol. The van der Waals surface area contributed by atoms with Gasteiger partial charge in [-0.2, -0.15) is 0 Å². The SMILES string of the molecule is CC[C@@H](CO)Nc1ccc([N+](=O)[O-])cc1C(=O)NCc1ccc(OC)c(OC)c1. The number of hydrogen-bond donors (Lipinski definition) is 3. The van der Waals surface area contributed by atoms with Crippen LogP contribution >= 0.6 is 0 Å². The number of nitro benzene ring substituents is 1. The van der Waals surface area contributed by atoms with Crippen LogP contribution in [-0.4, -0.2) is 42.8 Å². The third-order valence-electron chi connectivity index (χ3n) is 4.43. The van der Waals surface area contributed by atoms with Crippen LogP contribution in [0, 0.1) is 10.1 Å². The second-order valence-electron chi connectivity index (χ2n) is 6.29. The van der Waals surface area contributed by atoms with Crippen molar-refractivity contribution in [2.24, 2.45) is 0 Å². The number of benzene rings is 2. The van der Waals surface area contributed by atoms with Gasteiger partial charge in [-0.25, -0.2) is 0 Å². The number of aliphatic hydroxyl groups is 1. The lowest BCUT2D eigenvalue weighted by atomic mass is 10.1. The topological polar surface area (TPSA) is 123 Å². The molecule has 2 aromatic carbocycles. The van der Waals surface area contributed by atoms with Crippen LogP contribution in [0.1, 0.15) is 29.3 Å². The lowest BCUT2D eigenvalue weighted by molar-refractivity contribution is -0.384. The molecule has 0 aliphatic rings. The first-order valence-corrected chi connectivity index (χ1v) is 9.08. The molecule has 1 atom stereocenters. The van der Waals surface area contributed by atoms with Crippen molar-refractivity contribution in [3.63, 3.8) is 0 Å². The minimum atomic E-state index is -0.557. The summed E-state index contributed by atoms with van der Waals surface area (Å²) in [6.07, 6.45) is 0.625. The predicted octanol–water partition coefficient (Wildman–Crippen LogP) is 2.72. The van der Waals surface area contributed by atoms with Gasteiger partial charge in [-0.3, -0.25) is 14.9 Å². The Morgan fingerprint density at radius 3 is 2.48 bits per heavy atom. The summed E-state index contributed by atoms with van der Waals surface area (Å²) in [5, 5.41) is 26.3. The number of aliphatic hydroxyl groups excluding tert-OH is 1. The summed E-state index contributed by atoms with van der Waals surface area (Å²) >= 11 is 0. The number of ether oxygens (including phenoxy) is 2. The van der Waals surface area contributed by atoms with Crippen LogP contribution < -0.4 is 20.1 Å². The highest BCUT2D eigenvalue weighted by atomic mass is 16.6. The van der Waals surface area contributed by atoms with E-state index in [1.54, 1.807) is 18.2 Å². The summed E-state index contributed by atoms with van der Waals surface area (Å²) in [4.78, 5) is 23.3. The van der Waals surface area contributed by atoms with Gasteiger partial charge in [-0.05, 0) is 30.2 Å². The highest BCUT2D eigenvalue weighted by Gasteiger charge is 2.18. The molecule has 0 heterocycles. The summed E-state index contributed by atoms with van der Waals surface area (Å²) in [7, 11) is 3.05.